The van der Waals surface area contributed by atoms with Crippen LogP contribution in [-0.4, -0.2) is 31.4 Å². The molecule has 0 saturated carbocycles. The fourth-order valence-corrected chi connectivity index (χ4v) is 2.08. The average Bonchev–Trinajstić information content (AvgIpc) is 2.52. The summed E-state index contributed by atoms with van der Waals surface area (Å²) in [5.41, 5.74) is 3.70. The molecule has 0 heterocycles. The van der Waals surface area contributed by atoms with Gasteiger partial charge >= 0.3 is 0 Å². The minimum absolute atomic E-state index is 0.182. The Bertz CT molecular complexity index is 520. The Morgan fingerprint density at radius 3 is 2.14 bits per heavy atom. The Kier molecular flexibility index (Phi) is 6.25. The first-order valence-electron chi connectivity index (χ1n) is 7.41. The summed E-state index contributed by atoms with van der Waals surface area (Å²) in [6.45, 7) is 4.47. The van der Waals surface area contributed by atoms with Crippen molar-refractivity contribution in [2.45, 2.75) is 13.3 Å². The number of rotatable bonds is 8. The lowest BCUT2D eigenvalue weighted by Gasteiger charge is -2.08. The minimum atomic E-state index is 0.182. The summed E-state index contributed by atoms with van der Waals surface area (Å²) in [5.74, 6) is 0.896. The van der Waals surface area contributed by atoms with Crippen molar-refractivity contribution in [3.8, 4) is 16.9 Å². The Balaban J connectivity index is 1.80. The van der Waals surface area contributed by atoms with Gasteiger partial charge in [-0.1, -0.05) is 42.0 Å². The Labute approximate surface area is 126 Å². The summed E-state index contributed by atoms with van der Waals surface area (Å²) in [6.07, 6.45) is 0.930. The number of aliphatic hydroxyl groups is 1. The van der Waals surface area contributed by atoms with Gasteiger partial charge in [0.25, 0.3) is 0 Å². The number of aryl methyl sites for hydroxylation is 1. The van der Waals surface area contributed by atoms with Crippen molar-refractivity contribution >= 4 is 0 Å². The molecule has 2 aromatic rings. The van der Waals surface area contributed by atoms with Gasteiger partial charge in [0.1, 0.15) is 5.75 Å². The molecule has 0 fully saturated rings. The van der Waals surface area contributed by atoms with Gasteiger partial charge in [-0.25, -0.2) is 0 Å². The van der Waals surface area contributed by atoms with E-state index >= 15 is 0 Å². The van der Waals surface area contributed by atoms with Crippen molar-refractivity contribution in [2.24, 2.45) is 0 Å². The minimum Gasteiger partial charge on any atom is -0.494 e. The fraction of sp³-hybridized carbons (Fsp3) is 0.333. The van der Waals surface area contributed by atoms with E-state index in [-0.39, 0.29) is 6.61 Å². The highest BCUT2D eigenvalue weighted by Gasteiger charge is 1.99. The quantitative estimate of drug-likeness (QED) is 0.733. The zero-order chi connectivity index (χ0) is 14.9. The lowest BCUT2D eigenvalue weighted by molar-refractivity contribution is 0.282. The largest absolute Gasteiger partial charge is 0.494 e. The van der Waals surface area contributed by atoms with Crippen LogP contribution >= 0.6 is 0 Å². The first-order valence-corrected chi connectivity index (χ1v) is 7.41. The molecule has 2 rings (SSSR count). The number of aliphatic hydroxyl groups excluding tert-OH is 1. The highest BCUT2D eigenvalue weighted by Crippen LogP contribution is 2.22. The maximum atomic E-state index is 8.64. The van der Waals surface area contributed by atoms with Gasteiger partial charge in [-0.15, -0.1) is 0 Å². The number of hydrogen-bond donors (Lipinski definition) is 2. The lowest BCUT2D eigenvalue weighted by Crippen LogP contribution is -2.20. The highest BCUT2D eigenvalue weighted by atomic mass is 16.5. The van der Waals surface area contributed by atoms with E-state index in [1.807, 2.05) is 12.1 Å². The van der Waals surface area contributed by atoms with Gasteiger partial charge in [-0.2, -0.15) is 0 Å². The molecule has 0 aliphatic heterocycles. The van der Waals surface area contributed by atoms with Crippen LogP contribution < -0.4 is 10.1 Å². The molecule has 0 atom stereocenters. The van der Waals surface area contributed by atoms with Crippen LogP contribution in [0.15, 0.2) is 48.5 Å². The second-order valence-corrected chi connectivity index (χ2v) is 5.07. The highest BCUT2D eigenvalue weighted by molar-refractivity contribution is 5.64. The van der Waals surface area contributed by atoms with Crippen molar-refractivity contribution < 1.29 is 9.84 Å². The molecule has 0 aromatic heterocycles. The molecule has 2 N–H and O–H groups in total. The summed E-state index contributed by atoms with van der Waals surface area (Å²) in [5, 5.41) is 11.8. The van der Waals surface area contributed by atoms with Crippen LogP contribution in [0.2, 0.25) is 0 Å². The second kappa shape index (κ2) is 8.45. The third-order valence-electron chi connectivity index (χ3n) is 3.29. The van der Waals surface area contributed by atoms with Gasteiger partial charge < -0.3 is 15.2 Å². The van der Waals surface area contributed by atoms with Crippen molar-refractivity contribution in [2.75, 3.05) is 26.3 Å². The predicted octanol–water partition coefficient (Wildman–Crippen LogP) is 3.01. The van der Waals surface area contributed by atoms with Crippen molar-refractivity contribution in [1.29, 1.82) is 0 Å². The van der Waals surface area contributed by atoms with E-state index in [4.69, 9.17) is 9.84 Å². The predicted molar refractivity (Wildman–Crippen MR) is 86.7 cm³/mol. The van der Waals surface area contributed by atoms with E-state index < -0.39 is 0 Å². The second-order valence-electron chi connectivity index (χ2n) is 5.07. The Morgan fingerprint density at radius 1 is 0.905 bits per heavy atom. The molecule has 21 heavy (non-hydrogen) atoms. The molecule has 112 valence electrons. The molecule has 2 aromatic carbocycles. The number of ether oxygens (including phenoxy) is 1. The Hall–Kier alpha value is -1.84. The molecule has 0 aliphatic rings. The van der Waals surface area contributed by atoms with Crippen LogP contribution in [0.3, 0.4) is 0 Å². The average molecular weight is 285 g/mol. The van der Waals surface area contributed by atoms with E-state index in [0.717, 1.165) is 18.7 Å². The van der Waals surface area contributed by atoms with Gasteiger partial charge in [0.05, 0.1) is 13.2 Å². The van der Waals surface area contributed by atoms with E-state index in [0.29, 0.717) is 13.2 Å². The zero-order valence-corrected chi connectivity index (χ0v) is 12.5. The third-order valence-corrected chi connectivity index (χ3v) is 3.29. The summed E-state index contributed by atoms with van der Waals surface area (Å²) >= 11 is 0. The standard InChI is InChI=1S/C18H23NO2/c1-15-3-5-16(6-4-15)17-7-9-18(10-8-17)21-14-2-11-19-12-13-20/h3-10,19-20H,2,11-14H2,1H3. The monoisotopic (exact) mass is 285 g/mol. The first-order chi connectivity index (χ1) is 10.3. The fourth-order valence-electron chi connectivity index (χ4n) is 2.08. The summed E-state index contributed by atoms with van der Waals surface area (Å²) in [7, 11) is 0. The first kappa shape index (κ1) is 15.5. The number of hydrogen-bond acceptors (Lipinski definition) is 3. The molecular weight excluding hydrogens is 262 g/mol. The number of benzene rings is 2. The zero-order valence-electron chi connectivity index (χ0n) is 12.5. The summed E-state index contributed by atoms with van der Waals surface area (Å²) in [6, 6.07) is 16.7. The molecule has 0 bridgehead atoms. The third kappa shape index (κ3) is 5.21. The van der Waals surface area contributed by atoms with Crippen LogP contribution in [0.5, 0.6) is 5.75 Å². The van der Waals surface area contributed by atoms with Crippen molar-refractivity contribution in [1.82, 2.24) is 5.32 Å². The van der Waals surface area contributed by atoms with Gasteiger partial charge in [0.15, 0.2) is 0 Å². The van der Waals surface area contributed by atoms with Crippen molar-refractivity contribution in [3.63, 3.8) is 0 Å². The molecule has 0 radical (unpaired) electrons. The molecule has 0 aliphatic carbocycles. The van der Waals surface area contributed by atoms with E-state index in [1.54, 1.807) is 0 Å². The van der Waals surface area contributed by atoms with Crippen LogP contribution in [0, 0.1) is 6.92 Å². The SMILES string of the molecule is Cc1ccc(-c2ccc(OCCCNCCO)cc2)cc1. The Morgan fingerprint density at radius 2 is 1.52 bits per heavy atom. The maximum Gasteiger partial charge on any atom is 0.119 e. The summed E-state index contributed by atoms with van der Waals surface area (Å²) in [4.78, 5) is 0. The molecule has 0 amide bonds. The summed E-state index contributed by atoms with van der Waals surface area (Å²) < 4.78 is 5.69. The van der Waals surface area contributed by atoms with Gasteiger partial charge in [0, 0.05) is 6.54 Å². The van der Waals surface area contributed by atoms with Gasteiger partial charge in [-0.3, -0.25) is 0 Å². The lowest BCUT2D eigenvalue weighted by atomic mass is 10.0. The molecule has 0 saturated heterocycles. The van der Waals surface area contributed by atoms with Crippen LogP contribution in [-0.2, 0) is 0 Å². The maximum absolute atomic E-state index is 8.64. The van der Waals surface area contributed by atoms with Crippen LogP contribution in [0.25, 0.3) is 11.1 Å². The smallest absolute Gasteiger partial charge is 0.119 e. The van der Waals surface area contributed by atoms with E-state index in [1.165, 1.54) is 16.7 Å². The molecule has 3 heteroatoms. The number of nitrogens with one attached hydrogen (secondary N) is 1. The van der Waals surface area contributed by atoms with E-state index in [9.17, 15) is 0 Å². The van der Waals surface area contributed by atoms with Gasteiger partial charge in [0.2, 0.25) is 0 Å². The molecular formula is C18H23NO2. The van der Waals surface area contributed by atoms with Crippen LogP contribution in [0.4, 0.5) is 0 Å². The van der Waals surface area contributed by atoms with Crippen LogP contribution in [0.1, 0.15) is 12.0 Å². The van der Waals surface area contributed by atoms with Crippen molar-refractivity contribution in [3.05, 3.63) is 54.1 Å². The molecule has 3 nitrogen and oxygen atoms in total. The molecule has 0 spiro atoms. The van der Waals surface area contributed by atoms with E-state index in [2.05, 4.69) is 48.6 Å². The van der Waals surface area contributed by atoms with Gasteiger partial charge in [-0.05, 0) is 43.1 Å². The normalized spacial score (nSPS) is 10.6. The topological polar surface area (TPSA) is 41.5 Å². The molecule has 0 unspecified atom stereocenters.